The average molecular weight is 273 g/mol. The highest BCUT2D eigenvalue weighted by atomic mass is 14.7. The SMILES string of the molecule is Cc1cc(C)c2ccc(/C=C/c3ccccc3)nc2c1C. The van der Waals surface area contributed by atoms with Gasteiger partial charge in [0.15, 0.2) is 0 Å². The predicted octanol–water partition coefficient (Wildman–Crippen LogP) is 5.33. The normalized spacial score (nSPS) is 11.4. The lowest BCUT2D eigenvalue weighted by Crippen LogP contribution is -1.92. The smallest absolute Gasteiger partial charge is 0.0743 e. The van der Waals surface area contributed by atoms with Crippen molar-refractivity contribution in [2.24, 2.45) is 0 Å². The first-order chi connectivity index (χ1) is 10.1. The highest BCUT2D eigenvalue weighted by Gasteiger charge is 2.05. The predicted molar refractivity (Wildman–Crippen MR) is 91.3 cm³/mol. The van der Waals surface area contributed by atoms with E-state index >= 15 is 0 Å². The van der Waals surface area contributed by atoms with Gasteiger partial charge in [-0.05, 0) is 55.2 Å². The summed E-state index contributed by atoms with van der Waals surface area (Å²) in [5.41, 5.74) is 7.17. The Morgan fingerprint density at radius 1 is 0.810 bits per heavy atom. The molecule has 1 heteroatoms. The molecule has 0 fully saturated rings. The number of rotatable bonds is 2. The van der Waals surface area contributed by atoms with Crippen LogP contribution in [0.25, 0.3) is 23.1 Å². The van der Waals surface area contributed by atoms with Crippen LogP contribution in [0.15, 0.2) is 48.5 Å². The van der Waals surface area contributed by atoms with Gasteiger partial charge in [0.2, 0.25) is 0 Å². The van der Waals surface area contributed by atoms with Gasteiger partial charge in [-0.15, -0.1) is 0 Å². The maximum Gasteiger partial charge on any atom is 0.0743 e. The van der Waals surface area contributed by atoms with Crippen LogP contribution in [0, 0.1) is 20.8 Å². The summed E-state index contributed by atoms with van der Waals surface area (Å²) in [7, 11) is 0. The topological polar surface area (TPSA) is 12.9 Å². The lowest BCUT2D eigenvalue weighted by molar-refractivity contribution is 1.28. The number of nitrogens with zero attached hydrogens (tertiary/aromatic N) is 1. The minimum Gasteiger partial charge on any atom is -0.248 e. The van der Waals surface area contributed by atoms with Gasteiger partial charge < -0.3 is 0 Å². The molecule has 0 amide bonds. The minimum absolute atomic E-state index is 0.999. The Kier molecular flexibility index (Phi) is 3.57. The standard InChI is InChI=1S/C20H19N/c1-14-13-15(2)19-12-11-18(21-20(19)16(14)3)10-9-17-7-5-4-6-8-17/h4-13H,1-3H3/b10-9+. The number of benzene rings is 2. The first-order valence-electron chi connectivity index (χ1n) is 7.26. The molecule has 0 radical (unpaired) electrons. The average Bonchev–Trinajstić information content (AvgIpc) is 2.51. The summed E-state index contributed by atoms with van der Waals surface area (Å²) >= 11 is 0. The first kappa shape index (κ1) is 13.6. The molecule has 1 nitrogen and oxygen atoms in total. The van der Waals surface area contributed by atoms with Crippen molar-refractivity contribution in [3.63, 3.8) is 0 Å². The molecule has 2 aromatic carbocycles. The van der Waals surface area contributed by atoms with Crippen LogP contribution < -0.4 is 0 Å². The van der Waals surface area contributed by atoms with E-state index in [4.69, 9.17) is 4.98 Å². The van der Waals surface area contributed by atoms with Crippen LogP contribution in [-0.2, 0) is 0 Å². The van der Waals surface area contributed by atoms with E-state index in [-0.39, 0.29) is 0 Å². The number of hydrogen-bond donors (Lipinski definition) is 0. The molecule has 0 bridgehead atoms. The van der Waals surface area contributed by atoms with Gasteiger partial charge >= 0.3 is 0 Å². The third-order valence-electron chi connectivity index (χ3n) is 3.97. The van der Waals surface area contributed by atoms with Gasteiger partial charge in [0, 0.05) is 5.39 Å². The van der Waals surface area contributed by atoms with Gasteiger partial charge in [-0.3, -0.25) is 0 Å². The molecule has 0 aliphatic carbocycles. The Morgan fingerprint density at radius 2 is 1.57 bits per heavy atom. The Balaban J connectivity index is 2.05. The third-order valence-corrected chi connectivity index (χ3v) is 3.97. The van der Waals surface area contributed by atoms with Crippen molar-refractivity contribution in [1.82, 2.24) is 4.98 Å². The largest absolute Gasteiger partial charge is 0.248 e. The molecule has 0 saturated carbocycles. The number of fused-ring (bicyclic) bond motifs is 1. The van der Waals surface area contributed by atoms with E-state index in [9.17, 15) is 0 Å². The van der Waals surface area contributed by atoms with E-state index < -0.39 is 0 Å². The Bertz CT molecular complexity index is 814. The summed E-state index contributed by atoms with van der Waals surface area (Å²) in [4.78, 5) is 4.82. The Labute approximate surface area is 126 Å². The van der Waals surface area contributed by atoms with Gasteiger partial charge in [-0.1, -0.05) is 48.5 Å². The fourth-order valence-electron chi connectivity index (χ4n) is 2.61. The number of aromatic nitrogens is 1. The molecule has 0 aliphatic rings. The van der Waals surface area contributed by atoms with E-state index in [1.54, 1.807) is 0 Å². The molecule has 0 spiro atoms. The molecular weight excluding hydrogens is 254 g/mol. The highest BCUT2D eigenvalue weighted by Crippen LogP contribution is 2.24. The Hall–Kier alpha value is -2.41. The van der Waals surface area contributed by atoms with Crippen LogP contribution in [0.5, 0.6) is 0 Å². The first-order valence-corrected chi connectivity index (χ1v) is 7.26. The van der Waals surface area contributed by atoms with Crippen molar-refractivity contribution < 1.29 is 0 Å². The second kappa shape index (κ2) is 5.53. The summed E-state index contributed by atoms with van der Waals surface area (Å²) in [5.74, 6) is 0. The molecule has 104 valence electrons. The zero-order valence-corrected chi connectivity index (χ0v) is 12.7. The van der Waals surface area contributed by atoms with Gasteiger partial charge in [0.1, 0.15) is 0 Å². The fraction of sp³-hybridized carbons (Fsp3) is 0.150. The van der Waals surface area contributed by atoms with E-state index in [2.05, 4.69) is 63.3 Å². The molecule has 3 rings (SSSR count). The van der Waals surface area contributed by atoms with Crippen molar-refractivity contribution >= 4 is 23.1 Å². The van der Waals surface area contributed by atoms with Gasteiger partial charge in [-0.2, -0.15) is 0 Å². The zero-order valence-electron chi connectivity index (χ0n) is 12.7. The van der Waals surface area contributed by atoms with Gasteiger partial charge in [-0.25, -0.2) is 4.98 Å². The van der Waals surface area contributed by atoms with Crippen molar-refractivity contribution in [2.75, 3.05) is 0 Å². The Morgan fingerprint density at radius 3 is 2.33 bits per heavy atom. The molecule has 1 heterocycles. The van der Waals surface area contributed by atoms with Crippen molar-refractivity contribution in [3.05, 3.63) is 76.5 Å². The molecule has 3 aromatic rings. The third kappa shape index (κ3) is 2.73. The van der Waals surface area contributed by atoms with E-state index in [1.165, 1.54) is 27.6 Å². The van der Waals surface area contributed by atoms with Crippen LogP contribution in [0.4, 0.5) is 0 Å². The van der Waals surface area contributed by atoms with E-state index in [1.807, 2.05) is 18.2 Å². The van der Waals surface area contributed by atoms with Gasteiger partial charge in [0.25, 0.3) is 0 Å². The van der Waals surface area contributed by atoms with Crippen molar-refractivity contribution in [3.8, 4) is 0 Å². The number of aryl methyl sites for hydroxylation is 3. The van der Waals surface area contributed by atoms with Crippen molar-refractivity contribution in [1.29, 1.82) is 0 Å². The second-order valence-electron chi connectivity index (χ2n) is 5.51. The molecule has 0 N–H and O–H groups in total. The summed E-state index contributed by atoms with van der Waals surface area (Å²) in [6.45, 7) is 6.45. The molecule has 0 atom stereocenters. The fourth-order valence-corrected chi connectivity index (χ4v) is 2.61. The monoisotopic (exact) mass is 273 g/mol. The van der Waals surface area contributed by atoms with Crippen LogP contribution >= 0.6 is 0 Å². The summed E-state index contributed by atoms with van der Waals surface area (Å²) in [6, 6.07) is 16.8. The summed E-state index contributed by atoms with van der Waals surface area (Å²) in [6.07, 6.45) is 4.18. The maximum absolute atomic E-state index is 4.82. The van der Waals surface area contributed by atoms with Crippen LogP contribution in [-0.4, -0.2) is 4.98 Å². The minimum atomic E-state index is 0.999. The molecule has 1 aromatic heterocycles. The van der Waals surface area contributed by atoms with Crippen molar-refractivity contribution in [2.45, 2.75) is 20.8 Å². The van der Waals surface area contributed by atoms with Crippen LogP contribution in [0.2, 0.25) is 0 Å². The quantitative estimate of drug-likeness (QED) is 0.615. The lowest BCUT2D eigenvalue weighted by Gasteiger charge is -2.09. The molecule has 0 saturated heterocycles. The molecule has 0 unspecified atom stereocenters. The van der Waals surface area contributed by atoms with Crippen LogP contribution in [0.1, 0.15) is 27.9 Å². The van der Waals surface area contributed by atoms with Gasteiger partial charge in [0.05, 0.1) is 11.2 Å². The summed E-state index contributed by atoms with van der Waals surface area (Å²) < 4.78 is 0. The number of hydrogen-bond acceptors (Lipinski definition) is 1. The zero-order chi connectivity index (χ0) is 14.8. The maximum atomic E-state index is 4.82. The second-order valence-corrected chi connectivity index (χ2v) is 5.51. The summed E-state index contributed by atoms with van der Waals surface area (Å²) in [5, 5.41) is 1.25. The van der Waals surface area contributed by atoms with E-state index in [0.717, 1.165) is 11.2 Å². The highest BCUT2D eigenvalue weighted by molar-refractivity contribution is 5.87. The lowest BCUT2D eigenvalue weighted by atomic mass is 10.0. The molecule has 0 aliphatic heterocycles. The van der Waals surface area contributed by atoms with E-state index in [0.29, 0.717) is 0 Å². The number of pyridine rings is 1. The van der Waals surface area contributed by atoms with Crippen LogP contribution in [0.3, 0.4) is 0 Å². The molecular formula is C20H19N. The molecule has 21 heavy (non-hydrogen) atoms.